The van der Waals surface area contributed by atoms with Crippen LogP contribution in [0.3, 0.4) is 0 Å². The predicted octanol–water partition coefficient (Wildman–Crippen LogP) is 6.41. The van der Waals surface area contributed by atoms with Crippen LogP contribution < -0.4 is 16.3 Å². The number of hydrogen-bond donors (Lipinski definition) is 2. The van der Waals surface area contributed by atoms with Crippen molar-refractivity contribution >= 4 is 40.1 Å². The van der Waals surface area contributed by atoms with Gasteiger partial charge in [-0.2, -0.15) is 13.2 Å². The second-order valence-corrected chi connectivity index (χ2v) is 9.77. The van der Waals surface area contributed by atoms with Gasteiger partial charge in [-0.25, -0.2) is 9.18 Å². The number of carbonyl (C=O) groups excluding carboxylic acids is 2. The minimum absolute atomic E-state index is 0.0255. The third-order valence-corrected chi connectivity index (χ3v) is 6.71. The van der Waals surface area contributed by atoms with Gasteiger partial charge in [-0.15, -0.1) is 0 Å². The van der Waals surface area contributed by atoms with E-state index in [0.29, 0.717) is 27.1 Å². The van der Waals surface area contributed by atoms with Crippen molar-refractivity contribution in [3.8, 4) is 11.1 Å². The number of halogens is 5. The van der Waals surface area contributed by atoms with E-state index in [4.69, 9.17) is 20.8 Å². The molecule has 1 heterocycles. The molecule has 220 valence electrons. The third-order valence-electron chi connectivity index (χ3n) is 6.30. The first-order valence-corrected chi connectivity index (χ1v) is 13.1. The molecule has 0 bridgehead atoms. The Morgan fingerprint density at radius 2 is 1.83 bits per heavy atom. The Labute approximate surface area is 242 Å². The van der Waals surface area contributed by atoms with Crippen LogP contribution in [0.5, 0.6) is 0 Å². The van der Waals surface area contributed by atoms with Gasteiger partial charge in [-0.3, -0.25) is 9.59 Å². The smallest absolute Gasteiger partial charge is 0.418 e. The summed E-state index contributed by atoms with van der Waals surface area (Å²) in [6.45, 7) is 3.94. The molecule has 0 saturated heterocycles. The van der Waals surface area contributed by atoms with Gasteiger partial charge in [0.15, 0.2) is 0 Å². The van der Waals surface area contributed by atoms with Crippen LogP contribution in [0.4, 0.5) is 23.2 Å². The van der Waals surface area contributed by atoms with E-state index in [1.807, 2.05) is 0 Å². The summed E-state index contributed by atoms with van der Waals surface area (Å²) in [7, 11) is 0. The number of alkyl halides is 3. The van der Waals surface area contributed by atoms with Crippen molar-refractivity contribution in [1.82, 2.24) is 5.32 Å². The molecule has 0 fully saturated rings. The second-order valence-electron chi connectivity index (χ2n) is 9.36. The average Bonchev–Trinajstić information content (AvgIpc) is 2.91. The molecular formula is C30H25ClF4N2O5. The van der Waals surface area contributed by atoms with E-state index in [2.05, 4.69) is 10.6 Å². The number of hydrogen-bond acceptors (Lipinski definition) is 6. The second kappa shape index (κ2) is 12.7. The molecule has 0 aliphatic heterocycles. The molecule has 0 radical (unpaired) electrons. The molecule has 0 aliphatic rings. The molecule has 4 rings (SSSR count). The van der Waals surface area contributed by atoms with Crippen LogP contribution in [0.1, 0.15) is 29.2 Å². The topological polar surface area (TPSA) is 97.6 Å². The zero-order chi connectivity index (χ0) is 30.6. The van der Waals surface area contributed by atoms with Gasteiger partial charge in [0.2, 0.25) is 5.91 Å². The van der Waals surface area contributed by atoms with Gasteiger partial charge in [0, 0.05) is 28.6 Å². The lowest BCUT2D eigenvalue weighted by Crippen LogP contribution is -2.24. The van der Waals surface area contributed by atoms with E-state index < -0.39 is 47.2 Å². The molecule has 1 aromatic heterocycles. The molecule has 0 unspecified atom stereocenters. The van der Waals surface area contributed by atoms with E-state index in [-0.39, 0.29) is 36.9 Å². The minimum Gasteiger partial charge on any atom is -0.465 e. The molecule has 0 spiro atoms. The summed E-state index contributed by atoms with van der Waals surface area (Å²) in [6.07, 6.45) is -5.58. The number of esters is 1. The van der Waals surface area contributed by atoms with Gasteiger partial charge in [-0.05, 0) is 60.9 Å². The predicted molar refractivity (Wildman–Crippen MR) is 150 cm³/mol. The highest BCUT2D eigenvalue weighted by Crippen LogP contribution is 2.36. The first-order valence-electron chi connectivity index (χ1n) is 12.8. The fraction of sp³-hybridized carbons (Fsp3) is 0.233. The maximum atomic E-state index is 13.5. The van der Waals surface area contributed by atoms with Gasteiger partial charge < -0.3 is 19.8 Å². The molecule has 1 amide bonds. The molecule has 7 nitrogen and oxygen atoms in total. The van der Waals surface area contributed by atoms with Crippen molar-refractivity contribution in [3.05, 3.63) is 98.1 Å². The molecule has 42 heavy (non-hydrogen) atoms. The Balaban J connectivity index is 1.75. The molecule has 4 aromatic rings. The van der Waals surface area contributed by atoms with Crippen LogP contribution in [-0.4, -0.2) is 25.0 Å². The molecule has 0 atom stereocenters. The maximum absolute atomic E-state index is 13.5. The van der Waals surface area contributed by atoms with Crippen LogP contribution in [0.15, 0.2) is 63.8 Å². The van der Waals surface area contributed by atoms with Crippen molar-refractivity contribution in [3.63, 3.8) is 0 Å². The molecule has 2 N–H and O–H groups in total. The summed E-state index contributed by atoms with van der Waals surface area (Å²) < 4.78 is 64.4. The zero-order valence-corrected chi connectivity index (χ0v) is 23.2. The summed E-state index contributed by atoms with van der Waals surface area (Å²) in [5, 5.41) is 5.91. The van der Waals surface area contributed by atoms with Crippen LogP contribution in [0.25, 0.3) is 22.1 Å². The van der Waals surface area contributed by atoms with Gasteiger partial charge in [0.25, 0.3) is 0 Å². The van der Waals surface area contributed by atoms with E-state index in [9.17, 15) is 31.9 Å². The Morgan fingerprint density at radius 1 is 1.07 bits per heavy atom. The van der Waals surface area contributed by atoms with Gasteiger partial charge >= 0.3 is 17.8 Å². The monoisotopic (exact) mass is 604 g/mol. The summed E-state index contributed by atoms with van der Waals surface area (Å²) in [4.78, 5) is 37.9. The Morgan fingerprint density at radius 3 is 2.55 bits per heavy atom. The van der Waals surface area contributed by atoms with Crippen LogP contribution in [-0.2, 0) is 33.5 Å². The normalized spacial score (nSPS) is 11.5. The standard InChI is InChI=1S/C30H25ClF4N2O5/c1-3-41-27(39)15-36-14-17-5-4-6-18(10-17)28-20-9-16(2)23(31)13-25(20)42-29(40)21(28)12-26(38)37-24-8-7-19(32)11-22(24)30(33,34)35/h4-11,13,36H,3,12,14-15H2,1-2H3,(H,37,38). The lowest BCUT2D eigenvalue weighted by molar-refractivity contribution is -0.142. The number of ether oxygens (including phenoxy) is 1. The minimum atomic E-state index is -4.93. The number of carbonyl (C=O) groups is 2. The highest BCUT2D eigenvalue weighted by atomic mass is 35.5. The summed E-state index contributed by atoms with van der Waals surface area (Å²) >= 11 is 6.26. The number of fused-ring (bicyclic) bond motifs is 1. The zero-order valence-electron chi connectivity index (χ0n) is 22.5. The molecule has 0 saturated carbocycles. The van der Waals surface area contributed by atoms with Crippen LogP contribution in [0.2, 0.25) is 5.02 Å². The average molecular weight is 605 g/mol. The van der Waals surface area contributed by atoms with Crippen molar-refractivity contribution in [2.24, 2.45) is 0 Å². The van der Waals surface area contributed by atoms with E-state index in [1.165, 1.54) is 6.07 Å². The van der Waals surface area contributed by atoms with Crippen molar-refractivity contribution in [1.29, 1.82) is 0 Å². The van der Waals surface area contributed by atoms with E-state index in [0.717, 1.165) is 17.7 Å². The van der Waals surface area contributed by atoms with Crippen LogP contribution in [0, 0.1) is 12.7 Å². The van der Waals surface area contributed by atoms with Gasteiger partial charge in [-0.1, -0.05) is 29.8 Å². The SMILES string of the molecule is CCOC(=O)CNCc1cccc(-c2c(CC(=O)Nc3ccc(F)cc3C(F)(F)F)c(=O)oc3cc(Cl)c(C)cc23)c1. The number of benzene rings is 3. The summed E-state index contributed by atoms with van der Waals surface area (Å²) in [6, 6.07) is 12.0. The van der Waals surface area contributed by atoms with E-state index in [1.54, 1.807) is 44.2 Å². The molecule has 12 heteroatoms. The van der Waals surface area contributed by atoms with Gasteiger partial charge in [0.1, 0.15) is 11.4 Å². The summed E-state index contributed by atoms with van der Waals surface area (Å²) in [5.74, 6) is -2.49. The van der Waals surface area contributed by atoms with Crippen molar-refractivity contribution in [2.45, 2.75) is 33.0 Å². The van der Waals surface area contributed by atoms with Crippen molar-refractivity contribution < 1.29 is 36.3 Å². The molecule has 3 aromatic carbocycles. The highest BCUT2D eigenvalue weighted by Gasteiger charge is 2.34. The molecular weight excluding hydrogens is 580 g/mol. The fourth-order valence-electron chi connectivity index (χ4n) is 4.43. The number of nitrogens with one attached hydrogen (secondary N) is 2. The Hall–Kier alpha value is -4.22. The van der Waals surface area contributed by atoms with Crippen molar-refractivity contribution in [2.75, 3.05) is 18.5 Å². The number of amides is 1. The molecule has 0 aliphatic carbocycles. The Bertz CT molecular complexity index is 1720. The first-order chi connectivity index (χ1) is 19.9. The van der Waals surface area contributed by atoms with Crippen LogP contribution >= 0.6 is 11.6 Å². The maximum Gasteiger partial charge on any atom is 0.418 e. The van der Waals surface area contributed by atoms with E-state index >= 15 is 0 Å². The Kier molecular flexibility index (Phi) is 9.33. The first kappa shape index (κ1) is 30.7. The summed E-state index contributed by atoms with van der Waals surface area (Å²) in [5.41, 5.74) is -0.610. The quantitative estimate of drug-likeness (QED) is 0.130. The lowest BCUT2D eigenvalue weighted by Gasteiger charge is -2.16. The third kappa shape index (κ3) is 7.15. The lowest BCUT2D eigenvalue weighted by atomic mass is 9.93. The number of rotatable bonds is 9. The number of aryl methyl sites for hydroxylation is 1. The fourth-order valence-corrected chi connectivity index (χ4v) is 4.59. The van der Waals surface area contributed by atoms with Gasteiger partial charge in [0.05, 0.1) is 36.4 Å². The highest BCUT2D eigenvalue weighted by molar-refractivity contribution is 6.32. The number of anilines is 1. The largest absolute Gasteiger partial charge is 0.465 e.